The maximum absolute atomic E-state index is 12.5. The molecular weight excluding hydrogens is 266 g/mol. The van der Waals surface area contributed by atoms with Gasteiger partial charge < -0.3 is 9.52 Å². The smallest absolute Gasteiger partial charge is 0.276 e. The van der Waals surface area contributed by atoms with Crippen LogP contribution >= 0.6 is 0 Å². The minimum atomic E-state index is -3.62. The second kappa shape index (κ2) is 7.07. The lowest BCUT2D eigenvalue weighted by molar-refractivity contribution is 0.233. The van der Waals surface area contributed by atoms with Gasteiger partial charge in [0.05, 0.1) is 0 Å². The highest BCUT2D eigenvalue weighted by molar-refractivity contribution is 7.89. The molecule has 1 aromatic rings. The summed E-state index contributed by atoms with van der Waals surface area (Å²) in [5.74, 6) is 0.262. The molecule has 1 aromatic heterocycles. The van der Waals surface area contributed by atoms with Gasteiger partial charge in [-0.2, -0.15) is 4.31 Å². The third kappa shape index (κ3) is 3.81. The summed E-state index contributed by atoms with van der Waals surface area (Å²) >= 11 is 0. The quantitative estimate of drug-likeness (QED) is 0.797. The molecule has 1 heterocycles. The van der Waals surface area contributed by atoms with Gasteiger partial charge in [-0.25, -0.2) is 8.42 Å². The number of rotatable bonds is 8. The first-order chi connectivity index (χ1) is 8.97. The Morgan fingerprint density at radius 2 is 2.05 bits per heavy atom. The largest absolute Gasteiger partial charge is 0.446 e. The Balaban J connectivity index is 3.04. The van der Waals surface area contributed by atoms with E-state index >= 15 is 0 Å². The average molecular weight is 289 g/mol. The Morgan fingerprint density at radius 3 is 2.53 bits per heavy atom. The van der Waals surface area contributed by atoms with Gasteiger partial charge in [-0.1, -0.05) is 20.3 Å². The summed E-state index contributed by atoms with van der Waals surface area (Å²) in [7, 11) is -3.62. The van der Waals surface area contributed by atoms with Crippen molar-refractivity contribution in [3.63, 3.8) is 0 Å². The zero-order chi connectivity index (χ0) is 14.5. The number of hydrogen-bond donors (Lipinski definition) is 1. The standard InChI is InChI=1S/C13H23NO4S/c1-4-6-9-14(11(3)5-2)19(16,17)13-8-7-12(10-15)18-13/h7-8,11,15H,4-6,9-10H2,1-3H3. The third-order valence-corrected chi connectivity index (χ3v) is 5.06. The lowest BCUT2D eigenvalue weighted by atomic mass is 10.2. The van der Waals surface area contributed by atoms with E-state index in [-0.39, 0.29) is 23.5 Å². The predicted octanol–water partition coefficient (Wildman–Crippen LogP) is 2.36. The van der Waals surface area contributed by atoms with Crippen LogP contribution in [0.1, 0.15) is 45.8 Å². The Bertz CT molecular complexity index is 481. The molecule has 0 amide bonds. The first-order valence-corrected chi connectivity index (χ1v) is 8.12. The molecule has 0 spiro atoms. The lowest BCUT2D eigenvalue weighted by Crippen LogP contribution is -2.38. The van der Waals surface area contributed by atoms with Crippen molar-refractivity contribution in [1.29, 1.82) is 0 Å². The predicted molar refractivity (Wildman–Crippen MR) is 73.2 cm³/mol. The van der Waals surface area contributed by atoms with Crippen molar-refractivity contribution in [2.24, 2.45) is 0 Å². The second-order valence-corrected chi connectivity index (χ2v) is 6.43. The SMILES string of the molecule is CCCCN(C(C)CC)S(=O)(=O)c1ccc(CO)o1. The van der Waals surface area contributed by atoms with Gasteiger partial charge in [0.1, 0.15) is 12.4 Å². The molecule has 0 saturated carbocycles. The van der Waals surface area contributed by atoms with Gasteiger partial charge in [-0.3, -0.25) is 0 Å². The van der Waals surface area contributed by atoms with Crippen LogP contribution in [-0.4, -0.2) is 30.4 Å². The Labute approximate surface area is 115 Å². The van der Waals surface area contributed by atoms with Crippen LogP contribution in [0.5, 0.6) is 0 Å². The Hall–Kier alpha value is -0.850. The summed E-state index contributed by atoms with van der Waals surface area (Å²) in [6.07, 6.45) is 2.50. The lowest BCUT2D eigenvalue weighted by Gasteiger charge is -2.26. The van der Waals surface area contributed by atoms with Crippen molar-refractivity contribution in [2.75, 3.05) is 6.54 Å². The zero-order valence-corrected chi connectivity index (χ0v) is 12.6. The molecule has 1 N–H and O–H groups in total. The van der Waals surface area contributed by atoms with Gasteiger partial charge in [0.25, 0.3) is 10.0 Å². The molecule has 0 fully saturated rings. The Kier molecular flexibility index (Phi) is 6.03. The van der Waals surface area contributed by atoms with E-state index in [1.165, 1.54) is 16.4 Å². The summed E-state index contributed by atoms with van der Waals surface area (Å²) in [6, 6.07) is 2.82. The van der Waals surface area contributed by atoms with E-state index in [4.69, 9.17) is 9.52 Å². The van der Waals surface area contributed by atoms with E-state index in [9.17, 15) is 8.42 Å². The first kappa shape index (κ1) is 16.2. The van der Waals surface area contributed by atoms with E-state index in [2.05, 4.69) is 0 Å². The van der Waals surface area contributed by atoms with E-state index in [1.54, 1.807) is 0 Å². The van der Waals surface area contributed by atoms with E-state index in [1.807, 2.05) is 20.8 Å². The highest BCUT2D eigenvalue weighted by Gasteiger charge is 2.30. The molecule has 0 aliphatic rings. The van der Waals surface area contributed by atoms with E-state index in [0.717, 1.165) is 19.3 Å². The van der Waals surface area contributed by atoms with Crippen LogP contribution in [-0.2, 0) is 16.6 Å². The second-order valence-electron chi connectivity index (χ2n) is 4.61. The van der Waals surface area contributed by atoms with Crippen LogP contribution in [0.2, 0.25) is 0 Å². The van der Waals surface area contributed by atoms with Crippen LogP contribution in [0.15, 0.2) is 21.6 Å². The average Bonchev–Trinajstić information content (AvgIpc) is 2.88. The summed E-state index contributed by atoms with van der Waals surface area (Å²) < 4.78 is 31.7. The molecule has 0 aliphatic carbocycles. The van der Waals surface area contributed by atoms with Gasteiger partial charge in [-0.15, -0.1) is 0 Å². The molecule has 6 heteroatoms. The fourth-order valence-electron chi connectivity index (χ4n) is 1.79. The van der Waals surface area contributed by atoms with Gasteiger partial charge in [0.2, 0.25) is 5.09 Å². The number of hydrogen-bond acceptors (Lipinski definition) is 4. The van der Waals surface area contributed by atoms with Crippen molar-refractivity contribution >= 4 is 10.0 Å². The Morgan fingerprint density at radius 1 is 1.37 bits per heavy atom. The summed E-state index contributed by atoms with van der Waals surface area (Å²) in [4.78, 5) is 0. The van der Waals surface area contributed by atoms with Crippen LogP contribution in [0, 0.1) is 0 Å². The molecule has 1 rings (SSSR count). The van der Waals surface area contributed by atoms with Gasteiger partial charge in [0.15, 0.2) is 0 Å². The van der Waals surface area contributed by atoms with Crippen LogP contribution in [0.3, 0.4) is 0 Å². The highest BCUT2D eigenvalue weighted by Crippen LogP contribution is 2.22. The molecule has 0 saturated heterocycles. The molecule has 0 aliphatic heterocycles. The summed E-state index contributed by atoms with van der Waals surface area (Å²) in [5.41, 5.74) is 0. The number of nitrogens with zero attached hydrogens (tertiary/aromatic N) is 1. The molecule has 19 heavy (non-hydrogen) atoms. The van der Waals surface area contributed by atoms with Crippen LogP contribution < -0.4 is 0 Å². The fraction of sp³-hybridized carbons (Fsp3) is 0.692. The van der Waals surface area contributed by atoms with Crippen LogP contribution in [0.4, 0.5) is 0 Å². The van der Waals surface area contributed by atoms with Crippen molar-refractivity contribution in [3.05, 3.63) is 17.9 Å². The van der Waals surface area contributed by atoms with Gasteiger partial charge in [-0.05, 0) is 31.9 Å². The topological polar surface area (TPSA) is 70.8 Å². The number of unbranched alkanes of at least 4 members (excludes halogenated alkanes) is 1. The molecule has 110 valence electrons. The molecule has 0 bridgehead atoms. The highest BCUT2D eigenvalue weighted by atomic mass is 32.2. The van der Waals surface area contributed by atoms with E-state index < -0.39 is 10.0 Å². The maximum Gasteiger partial charge on any atom is 0.276 e. The number of furan rings is 1. The van der Waals surface area contributed by atoms with Crippen molar-refractivity contribution in [1.82, 2.24) is 4.31 Å². The summed E-state index contributed by atoms with van der Waals surface area (Å²) in [5, 5.41) is 8.86. The minimum absolute atomic E-state index is 0.0702. The molecule has 0 aromatic carbocycles. The monoisotopic (exact) mass is 289 g/mol. The maximum atomic E-state index is 12.5. The first-order valence-electron chi connectivity index (χ1n) is 6.68. The normalized spacial score (nSPS) is 13.9. The summed E-state index contributed by atoms with van der Waals surface area (Å²) in [6.45, 7) is 6.07. The van der Waals surface area contributed by atoms with Gasteiger partial charge >= 0.3 is 0 Å². The zero-order valence-electron chi connectivity index (χ0n) is 11.8. The molecule has 0 radical (unpaired) electrons. The molecule has 1 atom stereocenters. The number of aliphatic hydroxyl groups excluding tert-OH is 1. The van der Waals surface area contributed by atoms with Crippen molar-refractivity contribution in [2.45, 2.75) is 57.8 Å². The van der Waals surface area contributed by atoms with Gasteiger partial charge in [0, 0.05) is 12.6 Å². The van der Waals surface area contributed by atoms with Crippen molar-refractivity contribution < 1.29 is 17.9 Å². The van der Waals surface area contributed by atoms with E-state index in [0.29, 0.717) is 6.54 Å². The minimum Gasteiger partial charge on any atom is -0.446 e. The molecule has 1 unspecified atom stereocenters. The van der Waals surface area contributed by atoms with Crippen LogP contribution in [0.25, 0.3) is 0 Å². The van der Waals surface area contributed by atoms with Crippen molar-refractivity contribution in [3.8, 4) is 0 Å². The molecular formula is C13H23NO4S. The third-order valence-electron chi connectivity index (χ3n) is 3.17. The number of aliphatic hydroxyl groups is 1. The fourth-order valence-corrected chi connectivity index (χ4v) is 3.47. The molecule has 5 nitrogen and oxygen atoms in total. The number of sulfonamides is 1.